The molecule has 1 aromatic rings. The molecule has 0 aliphatic carbocycles. The van der Waals surface area contributed by atoms with E-state index in [4.69, 9.17) is 4.74 Å². The average molecular weight is 268 g/mol. The monoisotopic (exact) mass is 267 g/mol. The van der Waals surface area contributed by atoms with E-state index >= 15 is 0 Å². The van der Waals surface area contributed by atoms with Gasteiger partial charge in [0.25, 0.3) is 0 Å². The number of aliphatic imine (C=N–C) groups is 1. The van der Waals surface area contributed by atoms with Gasteiger partial charge in [-0.25, -0.2) is 0 Å². The second kappa shape index (κ2) is 3.77. The minimum Gasteiger partial charge on any atom is -0.496 e. The molecule has 0 fully saturated rings. The standard InChI is InChI=1S/C11H10BrNO2/c1-6-5-13-9-4-8(12)10(15-2)3-7(9)11(6)14/h3-6H,1-2H3. The summed E-state index contributed by atoms with van der Waals surface area (Å²) >= 11 is 3.36. The molecular weight excluding hydrogens is 258 g/mol. The molecule has 1 unspecified atom stereocenters. The average Bonchev–Trinajstić information content (AvgIpc) is 2.23. The number of benzene rings is 1. The number of nitrogens with zero attached hydrogens (tertiary/aromatic N) is 1. The van der Waals surface area contributed by atoms with Crippen LogP contribution in [-0.4, -0.2) is 19.1 Å². The first-order valence-electron chi connectivity index (χ1n) is 4.59. The van der Waals surface area contributed by atoms with Crippen molar-refractivity contribution in [3.8, 4) is 5.75 Å². The first-order chi connectivity index (χ1) is 7.13. The van der Waals surface area contributed by atoms with Gasteiger partial charge in [0.2, 0.25) is 0 Å². The molecular formula is C11H10BrNO2. The Hall–Kier alpha value is -1.16. The van der Waals surface area contributed by atoms with Gasteiger partial charge in [0.15, 0.2) is 5.78 Å². The summed E-state index contributed by atoms with van der Waals surface area (Å²) in [6.07, 6.45) is 1.67. The molecule has 1 aliphatic heterocycles. The predicted molar refractivity (Wildman–Crippen MR) is 62.3 cm³/mol. The van der Waals surface area contributed by atoms with E-state index in [1.807, 2.05) is 6.92 Å². The van der Waals surface area contributed by atoms with Gasteiger partial charge in [-0.05, 0) is 28.1 Å². The number of Topliss-reactive ketones (excluding diaryl/α,β-unsaturated/α-hetero) is 1. The molecule has 0 saturated heterocycles. The van der Waals surface area contributed by atoms with Gasteiger partial charge in [-0.3, -0.25) is 9.79 Å². The highest BCUT2D eigenvalue weighted by atomic mass is 79.9. The SMILES string of the molecule is COc1cc2c(cc1Br)N=CC(C)C2=O. The Bertz CT molecular complexity index is 454. The summed E-state index contributed by atoms with van der Waals surface area (Å²) in [7, 11) is 1.58. The fourth-order valence-electron chi connectivity index (χ4n) is 1.51. The number of halogens is 1. The van der Waals surface area contributed by atoms with Crippen molar-refractivity contribution in [1.29, 1.82) is 0 Å². The minimum atomic E-state index is -0.150. The Morgan fingerprint density at radius 2 is 2.20 bits per heavy atom. The van der Waals surface area contributed by atoms with Crippen molar-refractivity contribution in [2.45, 2.75) is 6.92 Å². The third kappa shape index (κ3) is 1.69. The molecule has 0 spiro atoms. The molecule has 1 heterocycles. The highest BCUT2D eigenvalue weighted by Gasteiger charge is 2.22. The maximum absolute atomic E-state index is 11.8. The van der Waals surface area contributed by atoms with Gasteiger partial charge in [-0.2, -0.15) is 0 Å². The van der Waals surface area contributed by atoms with E-state index in [1.54, 1.807) is 25.5 Å². The Kier molecular flexibility index (Phi) is 2.61. The van der Waals surface area contributed by atoms with Crippen molar-refractivity contribution >= 4 is 33.6 Å². The van der Waals surface area contributed by atoms with Gasteiger partial charge < -0.3 is 4.74 Å². The van der Waals surface area contributed by atoms with Crippen molar-refractivity contribution in [1.82, 2.24) is 0 Å². The lowest BCUT2D eigenvalue weighted by molar-refractivity contribution is 0.0962. The molecule has 0 amide bonds. The summed E-state index contributed by atoms with van der Waals surface area (Å²) in [6.45, 7) is 1.84. The van der Waals surface area contributed by atoms with Gasteiger partial charge in [0.05, 0.1) is 23.2 Å². The lowest BCUT2D eigenvalue weighted by Crippen LogP contribution is -2.16. The lowest BCUT2D eigenvalue weighted by Gasteiger charge is -2.15. The molecule has 0 bridgehead atoms. The summed E-state index contributed by atoms with van der Waals surface area (Å²) in [4.78, 5) is 16.1. The van der Waals surface area contributed by atoms with Crippen LogP contribution in [0.4, 0.5) is 5.69 Å². The van der Waals surface area contributed by atoms with Crippen LogP contribution in [-0.2, 0) is 0 Å². The largest absolute Gasteiger partial charge is 0.496 e. The first kappa shape index (κ1) is 10.4. The van der Waals surface area contributed by atoms with Crippen LogP contribution in [0.2, 0.25) is 0 Å². The van der Waals surface area contributed by atoms with Crippen LogP contribution in [0.25, 0.3) is 0 Å². The van der Waals surface area contributed by atoms with E-state index in [1.165, 1.54) is 0 Å². The second-order valence-electron chi connectivity index (χ2n) is 3.43. The molecule has 2 rings (SSSR count). The zero-order valence-corrected chi connectivity index (χ0v) is 10.0. The molecule has 15 heavy (non-hydrogen) atoms. The van der Waals surface area contributed by atoms with Gasteiger partial charge in [0.1, 0.15) is 5.75 Å². The van der Waals surface area contributed by atoms with Crippen LogP contribution in [0.5, 0.6) is 5.75 Å². The summed E-state index contributed by atoms with van der Waals surface area (Å²) in [5.74, 6) is 0.598. The molecule has 1 aromatic carbocycles. The molecule has 1 aliphatic rings. The molecule has 0 aromatic heterocycles. The fraction of sp³-hybridized carbons (Fsp3) is 0.273. The van der Waals surface area contributed by atoms with Crippen LogP contribution in [0.15, 0.2) is 21.6 Å². The molecule has 0 saturated carbocycles. The summed E-state index contributed by atoms with van der Waals surface area (Å²) in [5.41, 5.74) is 1.33. The topological polar surface area (TPSA) is 38.7 Å². The summed E-state index contributed by atoms with van der Waals surface area (Å²) in [5, 5.41) is 0. The third-order valence-electron chi connectivity index (χ3n) is 2.39. The number of carbonyl (C=O) groups is 1. The van der Waals surface area contributed by atoms with E-state index in [0.29, 0.717) is 17.0 Å². The number of hydrogen-bond acceptors (Lipinski definition) is 3. The number of methoxy groups -OCH3 is 1. The highest BCUT2D eigenvalue weighted by Crippen LogP contribution is 2.35. The van der Waals surface area contributed by atoms with E-state index in [-0.39, 0.29) is 11.7 Å². The van der Waals surface area contributed by atoms with Crippen LogP contribution in [0, 0.1) is 5.92 Å². The zero-order chi connectivity index (χ0) is 11.0. The normalized spacial score (nSPS) is 18.9. The smallest absolute Gasteiger partial charge is 0.173 e. The summed E-state index contributed by atoms with van der Waals surface area (Å²) in [6, 6.07) is 3.53. The second-order valence-corrected chi connectivity index (χ2v) is 4.29. The Balaban J connectivity index is 2.60. The molecule has 0 radical (unpaired) electrons. The molecule has 0 N–H and O–H groups in total. The Morgan fingerprint density at radius 3 is 2.87 bits per heavy atom. The minimum absolute atomic E-state index is 0.0887. The number of carbonyl (C=O) groups excluding carboxylic acids is 1. The van der Waals surface area contributed by atoms with Crippen LogP contribution in [0.1, 0.15) is 17.3 Å². The van der Waals surface area contributed by atoms with E-state index in [2.05, 4.69) is 20.9 Å². The fourth-order valence-corrected chi connectivity index (χ4v) is 2.00. The van der Waals surface area contributed by atoms with E-state index in [9.17, 15) is 4.79 Å². The number of ether oxygens (including phenoxy) is 1. The number of hydrogen-bond donors (Lipinski definition) is 0. The van der Waals surface area contributed by atoms with Crippen LogP contribution < -0.4 is 4.74 Å². The first-order valence-corrected chi connectivity index (χ1v) is 5.38. The number of ketones is 1. The van der Waals surface area contributed by atoms with Crippen molar-refractivity contribution in [2.24, 2.45) is 10.9 Å². The van der Waals surface area contributed by atoms with Gasteiger partial charge in [-0.1, -0.05) is 6.92 Å². The van der Waals surface area contributed by atoms with Crippen molar-refractivity contribution in [3.05, 3.63) is 22.2 Å². The lowest BCUT2D eigenvalue weighted by atomic mass is 9.96. The van der Waals surface area contributed by atoms with Crippen molar-refractivity contribution < 1.29 is 9.53 Å². The molecule has 3 nitrogen and oxygen atoms in total. The van der Waals surface area contributed by atoms with Crippen molar-refractivity contribution in [2.75, 3.05) is 7.11 Å². The van der Waals surface area contributed by atoms with E-state index < -0.39 is 0 Å². The van der Waals surface area contributed by atoms with Gasteiger partial charge in [0, 0.05) is 11.8 Å². The van der Waals surface area contributed by atoms with Gasteiger partial charge >= 0.3 is 0 Å². The molecule has 4 heteroatoms. The Labute approximate surface area is 96.3 Å². The number of rotatable bonds is 1. The molecule has 1 atom stereocenters. The van der Waals surface area contributed by atoms with E-state index in [0.717, 1.165) is 4.47 Å². The molecule has 78 valence electrons. The van der Waals surface area contributed by atoms with Crippen LogP contribution in [0.3, 0.4) is 0 Å². The van der Waals surface area contributed by atoms with Crippen molar-refractivity contribution in [3.63, 3.8) is 0 Å². The Morgan fingerprint density at radius 1 is 1.47 bits per heavy atom. The third-order valence-corrected chi connectivity index (χ3v) is 3.01. The quantitative estimate of drug-likeness (QED) is 0.785. The number of fused-ring (bicyclic) bond motifs is 1. The highest BCUT2D eigenvalue weighted by molar-refractivity contribution is 9.10. The van der Waals surface area contributed by atoms with Crippen LogP contribution >= 0.6 is 15.9 Å². The van der Waals surface area contributed by atoms with Gasteiger partial charge in [-0.15, -0.1) is 0 Å². The maximum Gasteiger partial charge on any atom is 0.173 e. The summed E-state index contributed by atoms with van der Waals surface area (Å²) < 4.78 is 5.95. The zero-order valence-electron chi connectivity index (χ0n) is 8.45. The predicted octanol–water partition coefficient (Wildman–Crippen LogP) is 2.99. The maximum atomic E-state index is 11.8.